The maximum atomic E-state index is 12.5. The Labute approximate surface area is 168 Å². The van der Waals surface area contributed by atoms with E-state index >= 15 is 0 Å². The summed E-state index contributed by atoms with van der Waals surface area (Å²) < 4.78 is 5.53. The van der Waals surface area contributed by atoms with Crippen molar-refractivity contribution in [1.82, 2.24) is 9.80 Å². The maximum Gasteiger partial charge on any atom is 0.251 e. The lowest BCUT2D eigenvalue weighted by atomic mass is 10.0. The number of aryl methyl sites for hydroxylation is 2. The van der Waals surface area contributed by atoms with Crippen molar-refractivity contribution in [3.63, 3.8) is 0 Å². The lowest BCUT2D eigenvalue weighted by molar-refractivity contribution is -0.142. The molecule has 5 nitrogen and oxygen atoms in total. The van der Waals surface area contributed by atoms with Crippen molar-refractivity contribution < 1.29 is 9.53 Å². The van der Waals surface area contributed by atoms with E-state index in [0.717, 1.165) is 43.2 Å². The van der Waals surface area contributed by atoms with Crippen LogP contribution in [0.25, 0.3) is 0 Å². The summed E-state index contributed by atoms with van der Waals surface area (Å²) in [5, 5.41) is 4.13. The Morgan fingerprint density at radius 1 is 1.26 bits per heavy atom. The van der Waals surface area contributed by atoms with Gasteiger partial charge in [0, 0.05) is 38.5 Å². The van der Waals surface area contributed by atoms with Crippen LogP contribution in [-0.4, -0.2) is 59.7 Å². The zero-order valence-corrected chi connectivity index (χ0v) is 17.3. The van der Waals surface area contributed by atoms with Gasteiger partial charge in [0.25, 0.3) is 5.91 Å². The van der Waals surface area contributed by atoms with Crippen LogP contribution in [0.4, 0.5) is 5.69 Å². The van der Waals surface area contributed by atoms with E-state index in [-0.39, 0.29) is 12.0 Å². The molecule has 0 saturated carbocycles. The number of unbranched alkanes of at least 4 members (excludes halogenated alkanes) is 1. The van der Waals surface area contributed by atoms with Gasteiger partial charge in [-0.05, 0) is 62.0 Å². The minimum atomic E-state index is -0.226. The first-order chi connectivity index (χ1) is 13.1. The minimum absolute atomic E-state index is 0.143. The SMILES string of the molecule is CCCCc1ccc(NC(=S)N2CCN(C(=O)C3CCCO3)CC2)c(C)c1. The van der Waals surface area contributed by atoms with Crippen molar-refractivity contribution in [2.75, 3.05) is 38.1 Å². The molecule has 0 aliphatic carbocycles. The van der Waals surface area contributed by atoms with Gasteiger partial charge in [0.1, 0.15) is 6.10 Å². The third kappa shape index (κ3) is 5.20. The van der Waals surface area contributed by atoms with E-state index in [2.05, 4.69) is 42.3 Å². The molecule has 27 heavy (non-hydrogen) atoms. The number of thiocarbonyl (C=S) groups is 1. The Bertz CT molecular complexity index is 665. The van der Waals surface area contributed by atoms with Crippen LogP contribution in [-0.2, 0) is 16.0 Å². The number of anilines is 1. The number of carbonyl (C=O) groups excluding carboxylic acids is 1. The Balaban J connectivity index is 1.50. The number of benzene rings is 1. The van der Waals surface area contributed by atoms with Crippen LogP contribution >= 0.6 is 12.2 Å². The number of piperazine rings is 1. The molecule has 1 N–H and O–H groups in total. The monoisotopic (exact) mass is 389 g/mol. The Hall–Kier alpha value is -1.66. The van der Waals surface area contributed by atoms with Gasteiger partial charge in [-0.2, -0.15) is 0 Å². The molecule has 0 radical (unpaired) electrons. The fourth-order valence-electron chi connectivity index (χ4n) is 3.70. The lowest BCUT2D eigenvalue weighted by Crippen LogP contribution is -2.53. The highest BCUT2D eigenvalue weighted by Crippen LogP contribution is 2.20. The highest BCUT2D eigenvalue weighted by atomic mass is 32.1. The molecular formula is C21H31N3O2S. The van der Waals surface area contributed by atoms with Gasteiger partial charge in [-0.25, -0.2) is 0 Å². The Morgan fingerprint density at radius 3 is 2.63 bits per heavy atom. The number of nitrogens with zero attached hydrogens (tertiary/aromatic N) is 2. The summed E-state index contributed by atoms with van der Waals surface area (Å²) in [7, 11) is 0. The molecule has 6 heteroatoms. The maximum absolute atomic E-state index is 12.5. The molecule has 1 amide bonds. The highest BCUT2D eigenvalue weighted by molar-refractivity contribution is 7.80. The predicted molar refractivity (Wildman–Crippen MR) is 113 cm³/mol. The zero-order chi connectivity index (χ0) is 19.2. The van der Waals surface area contributed by atoms with Gasteiger partial charge < -0.3 is 19.9 Å². The number of rotatable bonds is 5. The molecule has 0 bridgehead atoms. The molecule has 2 saturated heterocycles. The molecule has 2 fully saturated rings. The number of hydrogen-bond acceptors (Lipinski definition) is 3. The molecule has 1 aromatic carbocycles. The van der Waals surface area contributed by atoms with E-state index in [0.29, 0.717) is 19.7 Å². The average molecular weight is 390 g/mol. The van der Waals surface area contributed by atoms with Gasteiger partial charge in [0.15, 0.2) is 5.11 Å². The summed E-state index contributed by atoms with van der Waals surface area (Å²) in [5.74, 6) is 0.143. The summed E-state index contributed by atoms with van der Waals surface area (Å²) in [4.78, 5) is 16.5. The van der Waals surface area contributed by atoms with E-state index in [9.17, 15) is 4.79 Å². The number of nitrogens with one attached hydrogen (secondary N) is 1. The molecule has 2 aliphatic rings. The van der Waals surface area contributed by atoms with Gasteiger partial charge in [0.2, 0.25) is 0 Å². The van der Waals surface area contributed by atoms with Crippen LogP contribution in [0, 0.1) is 6.92 Å². The van der Waals surface area contributed by atoms with Crippen molar-refractivity contribution in [2.24, 2.45) is 0 Å². The number of amides is 1. The van der Waals surface area contributed by atoms with Gasteiger partial charge in [-0.1, -0.05) is 25.5 Å². The molecule has 2 aliphatic heterocycles. The number of ether oxygens (including phenoxy) is 1. The summed E-state index contributed by atoms with van der Waals surface area (Å²) in [6.45, 7) is 7.98. The second-order valence-corrected chi connectivity index (χ2v) is 7.88. The molecule has 0 spiro atoms. The fourth-order valence-corrected chi connectivity index (χ4v) is 4.00. The molecule has 1 aromatic rings. The van der Waals surface area contributed by atoms with Crippen molar-refractivity contribution in [3.8, 4) is 0 Å². The second kappa shape index (κ2) is 9.51. The van der Waals surface area contributed by atoms with E-state index in [1.165, 1.54) is 24.0 Å². The van der Waals surface area contributed by atoms with Crippen LogP contribution in [0.2, 0.25) is 0 Å². The Morgan fingerprint density at radius 2 is 2.00 bits per heavy atom. The highest BCUT2D eigenvalue weighted by Gasteiger charge is 2.30. The van der Waals surface area contributed by atoms with Gasteiger partial charge in [-0.15, -0.1) is 0 Å². The standard InChI is InChI=1S/C21H31N3O2S/c1-3-4-6-17-8-9-18(16(2)15-17)22-21(27)24-12-10-23(11-13-24)20(25)19-7-5-14-26-19/h8-9,15,19H,3-7,10-14H2,1-2H3,(H,22,27). The molecule has 1 unspecified atom stereocenters. The van der Waals surface area contributed by atoms with Crippen molar-refractivity contribution in [3.05, 3.63) is 29.3 Å². The summed E-state index contributed by atoms with van der Waals surface area (Å²) in [5.41, 5.74) is 3.67. The van der Waals surface area contributed by atoms with Crippen molar-refractivity contribution >= 4 is 28.9 Å². The Kier molecular flexibility index (Phi) is 7.07. The van der Waals surface area contributed by atoms with Crippen LogP contribution in [0.15, 0.2) is 18.2 Å². The van der Waals surface area contributed by atoms with Crippen LogP contribution in [0.3, 0.4) is 0 Å². The molecule has 1 atom stereocenters. The van der Waals surface area contributed by atoms with Gasteiger partial charge in [0.05, 0.1) is 0 Å². The fraction of sp³-hybridized carbons (Fsp3) is 0.619. The second-order valence-electron chi connectivity index (χ2n) is 7.50. The van der Waals surface area contributed by atoms with Gasteiger partial charge >= 0.3 is 0 Å². The van der Waals surface area contributed by atoms with E-state index in [4.69, 9.17) is 17.0 Å². The zero-order valence-electron chi connectivity index (χ0n) is 16.5. The predicted octanol–water partition coefficient (Wildman–Crippen LogP) is 3.36. The first-order valence-electron chi connectivity index (χ1n) is 10.1. The smallest absolute Gasteiger partial charge is 0.251 e. The van der Waals surface area contributed by atoms with Crippen LogP contribution < -0.4 is 5.32 Å². The van der Waals surface area contributed by atoms with E-state index in [1.54, 1.807) is 0 Å². The first kappa shape index (κ1) is 20.1. The summed E-state index contributed by atoms with van der Waals surface area (Å²) in [6, 6.07) is 6.56. The van der Waals surface area contributed by atoms with E-state index < -0.39 is 0 Å². The molecule has 148 valence electrons. The molecule has 0 aromatic heterocycles. The third-order valence-corrected chi connectivity index (χ3v) is 5.80. The number of hydrogen-bond donors (Lipinski definition) is 1. The van der Waals surface area contributed by atoms with Crippen LogP contribution in [0.1, 0.15) is 43.7 Å². The van der Waals surface area contributed by atoms with E-state index in [1.807, 2.05) is 4.90 Å². The van der Waals surface area contributed by atoms with Gasteiger partial charge in [-0.3, -0.25) is 4.79 Å². The number of carbonyl (C=O) groups is 1. The third-order valence-electron chi connectivity index (χ3n) is 5.44. The van der Waals surface area contributed by atoms with Crippen molar-refractivity contribution in [1.29, 1.82) is 0 Å². The normalized spacial score (nSPS) is 20.0. The van der Waals surface area contributed by atoms with Crippen LogP contribution in [0.5, 0.6) is 0 Å². The molecular weight excluding hydrogens is 358 g/mol. The lowest BCUT2D eigenvalue weighted by Gasteiger charge is -2.37. The van der Waals surface area contributed by atoms with Crippen molar-refractivity contribution in [2.45, 2.75) is 52.1 Å². The average Bonchev–Trinajstić information content (AvgIpc) is 3.22. The largest absolute Gasteiger partial charge is 0.368 e. The topological polar surface area (TPSA) is 44.8 Å². The first-order valence-corrected chi connectivity index (χ1v) is 10.5. The summed E-state index contributed by atoms with van der Waals surface area (Å²) >= 11 is 5.62. The summed E-state index contributed by atoms with van der Waals surface area (Å²) in [6.07, 6.45) is 5.18. The molecule has 2 heterocycles. The minimum Gasteiger partial charge on any atom is -0.368 e. The molecule has 3 rings (SSSR count). The quantitative estimate of drug-likeness (QED) is 0.783.